The number of esters is 1. The molecule has 0 saturated carbocycles. The third-order valence-electron chi connectivity index (χ3n) is 4.78. The van der Waals surface area contributed by atoms with Crippen molar-refractivity contribution in [3.8, 4) is 0 Å². The first-order valence-electron chi connectivity index (χ1n) is 8.80. The number of fused-ring (bicyclic) bond motifs is 1. The van der Waals surface area contributed by atoms with Gasteiger partial charge in [0.1, 0.15) is 5.69 Å². The molecule has 2 aromatic rings. The fourth-order valence-electron chi connectivity index (χ4n) is 3.37. The number of amides is 1. The molecule has 1 N–H and O–H groups in total. The van der Waals surface area contributed by atoms with Gasteiger partial charge in [-0.2, -0.15) is 0 Å². The molecule has 6 heteroatoms. The van der Waals surface area contributed by atoms with Crippen LogP contribution < -0.4 is 0 Å². The van der Waals surface area contributed by atoms with Crippen molar-refractivity contribution in [1.29, 1.82) is 0 Å². The number of aromatic nitrogens is 1. The number of H-pyrrole nitrogens is 1. The van der Waals surface area contributed by atoms with E-state index >= 15 is 0 Å². The third-order valence-corrected chi connectivity index (χ3v) is 5.01. The highest BCUT2D eigenvalue weighted by Crippen LogP contribution is 2.25. The van der Waals surface area contributed by atoms with Crippen LogP contribution in [0.4, 0.5) is 0 Å². The smallest absolute Gasteiger partial charge is 0.305 e. The number of piperidine rings is 1. The monoisotopic (exact) mass is 362 g/mol. The predicted molar refractivity (Wildman–Crippen MR) is 97.8 cm³/mol. The van der Waals surface area contributed by atoms with Gasteiger partial charge in [-0.3, -0.25) is 9.59 Å². The van der Waals surface area contributed by atoms with E-state index in [-0.39, 0.29) is 11.9 Å². The van der Waals surface area contributed by atoms with Gasteiger partial charge in [0.05, 0.1) is 6.61 Å². The number of nitrogens with one attached hydrogen (secondary N) is 1. The van der Waals surface area contributed by atoms with Crippen LogP contribution >= 0.6 is 11.6 Å². The summed E-state index contributed by atoms with van der Waals surface area (Å²) in [7, 11) is 0. The van der Waals surface area contributed by atoms with Gasteiger partial charge in [0.15, 0.2) is 0 Å². The third kappa shape index (κ3) is 4.34. The fourth-order valence-corrected chi connectivity index (χ4v) is 3.55. The van der Waals surface area contributed by atoms with Crippen molar-refractivity contribution in [2.24, 2.45) is 5.92 Å². The molecule has 3 rings (SSSR count). The Bertz CT molecular complexity index is 763. The average molecular weight is 363 g/mol. The van der Waals surface area contributed by atoms with Crippen LogP contribution in [0.3, 0.4) is 0 Å². The van der Waals surface area contributed by atoms with E-state index in [1.807, 2.05) is 36.1 Å². The zero-order chi connectivity index (χ0) is 17.8. The number of rotatable bonds is 5. The molecule has 1 fully saturated rings. The molecule has 1 saturated heterocycles. The van der Waals surface area contributed by atoms with Crippen LogP contribution in [0.5, 0.6) is 0 Å². The maximum absolute atomic E-state index is 12.7. The van der Waals surface area contributed by atoms with Crippen molar-refractivity contribution in [1.82, 2.24) is 9.88 Å². The fraction of sp³-hybridized carbons (Fsp3) is 0.474. The van der Waals surface area contributed by atoms with Crippen LogP contribution in [0.25, 0.3) is 10.9 Å². The Morgan fingerprint density at radius 3 is 2.76 bits per heavy atom. The molecule has 0 radical (unpaired) electrons. The number of benzene rings is 1. The molecule has 134 valence electrons. The molecule has 0 aliphatic carbocycles. The van der Waals surface area contributed by atoms with Crippen molar-refractivity contribution < 1.29 is 14.3 Å². The first-order valence-corrected chi connectivity index (χ1v) is 9.17. The van der Waals surface area contributed by atoms with Crippen LogP contribution in [0.15, 0.2) is 24.3 Å². The Labute approximate surface area is 152 Å². The summed E-state index contributed by atoms with van der Waals surface area (Å²) in [5, 5.41) is 1.60. The van der Waals surface area contributed by atoms with Crippen LogP contribution in [0, 0.1) is 5.92 Å². The van der Waals surface area contributed by atoms with Gasteiger partial charge in [0.2, 0.25) is 0 Å². The van der Waals surface area contributed by atoms with Crippen molar-refractivity contribution in [3.05, 3.63) is 35.0 Å². The largest absolute Gasteiger partial charge is 0.466 e. The lowest BCUT2D eigenvalue weighted by molar-refractivity contribution is -0.143. The van der Waals surface area contributed by atoms with Crippen LogP contribution in [-0.4, -0.2) is 41.5 Å². The number of nitrogens with zero attached hydrogens (tertiary/aromatic N) is 1. The number of likely N-dealkylation sites (tertiary alicyclic amines) is 1. The summed E-state index contributed by atoms with van der Waals surface area (Å²) >= 11 is 6.00. The van der Waals surface area contributed by atoms with E-state index in [1.54, 1.807) is 0 Å². The van der Waals surface area contributed by atoms with E-state index in [2.05, 4.69) is 4.98 Å². The van der Waals surface area contributed by atoms with E-state index in [4.69, 9.17) is 16.3 Å². The van der Waals surface area contributed by atoms with Crippen molar-refractivity contribution in [2.45, 2.75) is 32.6 Å². The first-order chi connectivity index (χ1) is 12.1. The highest BCUT2D eigenvalue weighted by Gasteiger charge is 2.25. The van der Waals surface area contributed by atoms with Gasteiger partial charge >= 0.3 is 5.97 Å². The number of ether oxygens (including phenoxy) is 1. The highest BCUT2D eigenvalue weighted by atomic mass is 35.5. The van der Waals surface area contributed by atoms with E-state index < -0.39 is 0 Å². The van der Waals surface area contributed by atoms with Gasteiger partial charge in [0.25, 0.3) is 5.91 Å². The minimum absolute atomic E-state index is 0.0242. The molecular formula is C19H23ClN2O3. The van der Waals surface area contributed by atoms with Crippen molar-refractivity contribution >= 4 is 34.4 Å². The lowest BCUT2D eigenvalue weighted by atomic mass is 9.92. The first kappa shape index (κ1) is 17.8. The number of halogens is 1. The standard InChI is InChI=1S/C19H23ClN2O3/c1-2-25-18(23)6-3-13-7-9-22(10-8-13)19(24)17-12-14-11-15(20)4-5-16(14)21-17/h4-5,11-13,21H,2-3,6-10H2,1H3. The summed E-state index contributed by atoms with van der Waals surface area (Å²) in [6.45, 7) is 3.70. The maximum atomic E-state index is 12.7. The Balaban J connectivity index is 1.55. The second-order valence-electron chi connectivity index (χ2n) is 6.49. The molecule has 1 amide bonds. The lowest BCUT2D eigenvalue weighted by Gasteiger charge is -2.31. The predicted octanol–water partition coefficient (Wildman–Crippen LogP) is 4.02. The molecule has 1 aliphatic heterocycles. The van der Waals surface area contributed by atoms with Crippen LogP contribution in [0.1, 0.15) is 43.1 Å². The molecule has 1 aromatic carbocycles. The number of hydrogen-bond donors (Lipinski definition) is 1. The molecule has 1 aliphatic rings. The minimum Gasteiger partial charge on any atom is -0.466 e. The van der Waals surface area contributed by atoms with Gasteiger partial charge in [-0.25, -0.2) is 0 Å². The number of aromatic amines is 1. The van der Waals surface area contributed by atoms with Crippen LogP contribution in [-0.2, 0) is 9.53 Å². The zero-order valence-electron chi connectivity index (χ0n) is 14.4. The van der Waals surface area contributed by atoms with E-state index in [9.17, 15) is 9.59 Å². The van der Waals surface area contributed by atoms with E-state index in [0.717, 1.165) is 43.3 Å². The Morgan fingerprint density at radius 2 is 2.04 bits per heavy atom. The Hall–Kier alpha value is -2.01. The van der Waals surface area contributed by atoms with Gasteiger partial charge in [-0.15, -0.1) is 0 Å². The summed E-state index contributed by atoms with van der Waals surface area (Å²) in [4.78, 5) is 29.2. The molecule has 0 bridgehead atoms. The van der Waals surface area contributed by atoms with Crippen LogP contribution in [0.2, 0.25) is 5.02 Å². The maximum Gasteiger partial charge on any atom is 0.305 e. The Kier molecular flexibility index (Phi) is 5.63. The SMILES string of the molecule is CCOC(=O)CCC1CCN(C(=O)c2cc3cc(Cl)ccc3[nH]2)CC1. The van der Waals surface area contributed by atoms with E-state index in [0.29, 0.717) is 29.7 Å². The van der Waals surface area contributed by atoms with Gasteiger partial charge in [0, 0.05) is 35.4 Å². The quantitative estimate of drug-likeness (QED) is 0.817. The molecule has 25 heavy (non-hydrogen) atoms. The summed E-state index contributed by atoms with van der Waals surface area (Å²) in [6.07, 6.45) is 3.16. The Morgan fingerprint density at radius 1 is 1.28 bits per heavy atom. The highest BCUT2D eigenvalue weighted by molar-refractivity contribution is 6.31. The lowest BCUT2D eigenvalue weighted by Crippen LogP contribution is -2.38. The number of carbonyl (C=O) groups excluding carboxylic acids is 2. The summed E-state index contributed by atoms with van der Waals surface area (Å²) < 4.78 is 4.97. The summed E-state index contributed by atoms with van der Waals surface area (Å²) in [5.41, 5.74) is 1.51. The zero-order valence-corrected chi connectivity index (χ0v) is 15.1. The molecule has 0 atom stereocenters. The molecule has 5 nitrogen and oxygen atoms in total. The van der Waals surface area contributed by atoms with Crippen molar-refractivity contribution in [2.75, 3.05) is 19.7 Å². The summed E-state index contributed by atoms with van der Waals surface area (Å²) in [5.74, 6) is 0.379. The normalized spacial score (nSPS) is 15.5. The second-order valence-corrected chi connectivity index (χ2v) is 6.93. The van der Waals surface area contributed by atoms with Gasteiger partial charge < -0.3 is 14.6 Å². The minimum atomic E-state index is -0.127. The van der Waals surface area contributed by atoms with Crippen molar-refractivity contribution in [3.63, 3.8) is 0 Å². The second kappa shape index (κ2) is 7.91. The van der Waals surface area contributed by atoms with Gasteiger partial charge in [-0.05, 0) is 56.4 Å². The number of hydrogen-bond acceptors (Lipinski definition) is 3. The summed E-state index contributed by atoms with van der Waals surface area (Å²) in [6, 6.07) is 7.40. The molecule has 1 aromatic heterocycles. The molecule has 2 heterocycles. The van der Waals surface area contributed by atoms with E-state index in [1.165, 1.54) is 0 Å². The molecule has 0 unspecified atom stereocenters. The molecule has 0 spiro atoms. The van der Waals surface area contributed by atoms with Gasteiger partial charge in [-0.1, -0.05) is 11.6 Å². The topological polar surface area (TPSA) is 62.4 Å². The number of carbonyl (C=O) groups is 2. The molecular weight excluding hydrogens is 340 g/mol. The average Bonchev–Trinajstić information content (AvgIpc) is 3.03.